The molecule has 7 heteroatoms. The van der Waals surface area contributed by atoms with Crippen molar-refractivity contribution in [2.75, 3.05) is 6.54 Å². The molecule has 1 unspecified atom stereocenters. The van der Waals surface area contributed by atoms with Crippen LogP contribution in [-0.4, -0.2) is 46.3 Å². The van der Waals surface area contributed by atoms with Crippen molar-refractivity contribution in [2.45, 2.75) is 69.9 Å². The number of hydrogen-bond acceptors (Lipinski definition) is 4. The molecule has 36 heavy (non-hydrogen) atoms. The molecule has 4 rings (SSSR count). The summed E-state index contributed by atoms with van der Waals surface area (Å²) >= 11 is 0. The van der Waals surface area contributed by atoms with E-state index in [1.807, 2.05) is 30.3 Å². The SMILES string of the molecule is CCC(N)C1CCC(C(=O)N2CC[C@H](c3ccccc3)[C@H]2C(=O)Cc2ccc(C(=O)O)cc2F)CC1. The molecular formula is C29H35FN2O4. The van der Waals surface area contributed by atoms with Gasteiger partial charge in [0.25, 0.3) is 0 Å². The molecule has 1 aliphatic carbocycles. The zero-order valence-electron chi connectivity index (χ0n) is 20.7. The summed E-state index contributed by atoms with van der Waals surface area (Å²) in [5.41, 5.74) is 7.21. The molecule has 3 N–H and O–H groups in total. The Balaban J connectivity index is 1.55. The van der Waals surface area contributed by atoms with E-state index in [2.05, 4.69) is 6.92 Å². The van der Waals surface area contributed by atoms with Gasteiger partial charge in [-0.25, -0.2) is 9.18 Å². The Morgan fingerprint density at radius 3 is 2.36 bits per heavy atom. The van der Waals surface area contributed by atoms with Gasteiger partial charge in [-0.2, -0.15) is 0 Å². The lowest BCUT2D eigenvalue weighted by atomic mass is 9.77. The summed E-state index contributed by atoms with van der Waals surface area (Å²) in [4.78, 5) is 40.2. The number of hydrogen-bond donors (Lipinski definition) is 2. The average Bonchev–Trinajstić information content (AvgIpc) is 3.35. The topological polar surface area (TPSA) is 101 Å². The Morgan fingerprint density at radius 1 is 1.06 bits per heavy atom. The van der Waals surface area contributed by atoms with Crippen molar-refractivity contribution in [3.63, 3.8) is 0 Å². The standard InChI is InChI=1S/C29H35FN2O4/c1-2-25(31)19-8-10-20(11-9-19)28(34)32-15-14-23(18-6-4-3-5-7-18)27(32)26(33)17-21-12-13-22(29(35)36)16-24(21)30/h3-7,12-13,16,19-20,23,25,27H,2,8-11,14-15,17,31H2,1H3,(H,35,36)/t19?,20?,23-,25?,27+/m1/s1. The van der Waals surface area contributed by atoms with E-state index in [1.54, 1.807) is 4.90 Å². The molecule has 2 fully saturated rings. The number of carbonyl (C=O) groups is 3. The van der Waals surface area contributed by atoms with Crippen LogP contribution in [-0.2, 0) is 16.0 Å². The number of benzene rings is 2. The van der Waals surface area contributed by atoms with Crippen LogP contribution in [0.15, 0.2) is 48.5 Å². The number of likely N-dealkylation sites (tertiary alicyclic amines) is 1. The fourth-order valence-electron chi connectivity index (χ4n) is 5.97. The number of aromatic carboxylic acids is 1. The van der Waals surface area contributed by atoms with Crippen LogP contribution in [0.2, 0.25) is 0 Å². The molecule has 1 aliphatic heterocycles. The van der Waals surface area contributed by atoms with Crippen molar-refractivity contribution in [1.82, 2.24) is 4.90 Å². The Hall–Kier alpha value is -3.06. The highest BCUT2D eigenvalue weighted by Crippen LogP contribution is 2.38. The minimum Gasteiger partial charge on any atom is -0.478 e. The first kappa shape index (κ1) is 26.0. The fraction of sp³-hybridized carbons (Fsp3) is 0.483. The second-order valence-electron chi connectivity index (χ2n) is 10.2. The van der Waals surface area contributed by atoms with Crippen molar-refractivity contribution >= 4 is 17.7 Å². The van der Waals surface area contributed by atoms with E-state index in [1.165, 1.54) is 12.1 Å². The van der Waals surface area contributed by atoms with E-state index in [0.717, 1.165) is 43.7 Å². The van der Waals surface area contributed by atoms with Crippen LogP contribution in [0.4, 0.5) is 4.39 Å². The van der Waals surface area contributed by atoms with Gasteiger partial charge < -0.3 is 15.7 Å². The van der Waals surface area contributed by atoms with Crippen molar-refractivity contribution in [1.29, 1.82) is 0 Å². The molecule has 2 aliphatic rings. The van der Waals surface area contributed by atoms with Gasteiger partial charge in [-0.1, -0.05) is 43.3 Å². The van der Waals surface area contributed by atoms with Crippen LogP contribution < -0.4 is 5.73 Å². The van der Waals surface area contributed by atoms with Crippen molar-refractivity contribution in [2.24, 2.45) is 17.6 Å². The Kier molecular flexibility index (Phi) is 8.19. The van der Waals surface area contributed by atoms with Crippen molar-refractivity contribution in [3.05, 3.63) is 71.0 Å². The number of rotatable bonds is 8. The molecule has 192 valence electrons. The van der Waals surface area contributed by atoms with Gasteiger partial charge in [0, 0.05) is 30.8 Å². The number of halogens is 1. The van der Waals surface area contributed by atoms with Crippen molar-refractivity contribution < 1.29 is 23.9 Å². The fourth-order valence-corrected chi connectivity index (χ4v) is 5.97. The van der Waals surface area contributed by atoms with Crippen LogP contribution in [0.1, 0.15) is 72.9 Å². The zero-order valence-corrected chi connectivity index (χ0v) is 20.7. The Labute approximate surface area is 211 Å². The van der Waals surface area contributed by atoms with Crippen LogP contribution in [0, 0.1) is 17.7 Å². The summed E-state index contributed by atoms with van der Waals surface area (Å²) in [5, 5.41) is 9.11. The van der Waals surface area contributed by atoms with Gasteiger partial charge in [-0.05, 0) is 67.7 Å². The van der Waals surface area contributed by atoms with Crippen LogP contribution in [0.5, 0.6) is 0 Å². The molecule has 2 aromatic carbocycles. The van der Waals surface area contributed by atoms with Gasteiger partial charge in [0.05, 0.1) is 11.6 Å². The first-order chi connectivity index (χ1) is 17.3. The Morgan fingerprint density at radius 2 is 1.75 bits per heavy atom. The first-order valence-electron chi connectivity index (χ1n) is 13.0. The molecule has 1 amide bonds. The van der Waals surface area contributed by atoms with Gasteiger partial charge in [-0.3, -0.25) is 9.59 Å². The average molecular weight is 495 g/mol. The monoisotopic (exact) mass is 494 g/mol. The first-order valence-corrected chi connectivity index (χ1v) is 13.0. The third-order valence-electron chi connectivity index (χ3n) is 8.10. The normalized spacial score (nSPS) is 24.9. The van der Waals surface area contributed by atoms with Gasteiger partial charge in [0.1, 0.15) is 5.82 Å². The number of Topliss-reactive ketones (excluding diaryl/α,β-unsaturated/α-hetero) is 1. The smallest absolute Gasteiger partial charge is 0.335 e. The molecule has 0 aromatic heterocycles. The van der Waals surface area contributed by atoms with E-state index in [0.29, 0.717) is 18.9 Å². The zero-order chi connectivity index (χ0) is 25.8. The number of nitrogens with two attached hydrogens (primary N) is 1. The maximum Gasteiger partial charge on any atom is 0.335 e. The predicted molar refractivity (Wildman–Crippen MR) is 135 cm³/mol. The number of ketones is 1. The lowest BCUT2D eigenvalue weighted by Crippen LogP contribution is -2.47. The highest BCUT2D eigenvalue weighted by Gasteiger charge is 2.44. The maximum atomic E-state index is 14.6. The lowest BCUT2D eigenvalue weighted by Gasteiger charge is -2.35. The minimum absolute atomic E-state index is 0.0111. The number of carboxylic acids is 1. The van der Waals surface area contributed by atoms with E-state index >= 15 is 0 Å². The number of nitrogens with zero attached hydrogens (tertiary/aromatic N) is 1. The minimum atomic E-state index is -1.22. The number of carbonyl (C=O) groups excluding carboxylic acids is 2. The number of carboxylic acid groups (broad SMARTS) is 1. The molecular weight excluding hydrogens is 459 g/mol. The van der Waals surface area contributed by atoms with Crippen LogP contribution in [0.3, 0.4) is 0 Å². The number of amides is 1. The van der Waals surface area contributed by atoms with Gasteiger partial charge >= 0.3 is 5.97 Å². The largest absolute Gasteiger partial charge is 0.478 e. The molecule has 0 bridgehead atoms. The molecule has 0 spiro atoms. The molecule has 1 saturated carbocycles. The molecule has 1 saturated heterocycles. The predicted octanol–water partition coefficient (Wildman–Crippen LogP) is 4.56. The summed E-state index contributed by atoms with van der Waals surface area (Å²) in [6.45, 7) is 2.58. The molecule has 1 heterocycles. The second-order valence-corrected chi connectivity index (χ2v) is 10.2. The van der Waals surface area contributed by atoms with Gasteiger partial charge in [0.2, 0.25) is 5.91 Å². The quantitative estimate of drug-likeness (QED) is 0.560. The van der Waals surface area contributed by atoms with Gasteiger partial charge in [-0.15, -0.1) is 0 Å². The summed E-state index contributed by atoms with van der Waals surface area (Å²) < 4.78 is 14.6. The summed E-state index contributed by atoms with van der Waals surface area (Å²) in [7, 11) is 0. The van der Waals surface area contributed by atoms with E-state index in [-0.39, 0.29) is 47.1 Å². The third-order valence-corrected chi connectivity index (χ3v) is 8.10. The third kappa shape index (κ3) is 5.51. The van der Waals surface area contributed by atoms with Crippen LogP contribution in [0.25, 0.3) is 0 Å². The molecule has 0 radical (unpaired) electrons. The van der Waals surface area contributed by atoms with Gasteiger partial charge in [0.15, 0.2) is 5.78 Å². The van der Waals surface area contributed by atoms with E-state index < -0.39 is 17.8 Å². The Bertz CT molecular complexity index is 1100. The van der Waals surface area contributed by atoms with E-state index in [9.17, 15) is 18.8 Å². The highest BCUT2D eigenvalue weighted by atomic mass is 19.1. The maximum absolute atomic E-state index is 14.6. The van der Waals surface area contributed by atoms with Crippen LogP contribution >= 0.6 is 0 Å². The lowest BCUT2D eigenvalue weighted by molar-refractivity contribution is -0.142. The second kappa shape index (κ2) is 11.3. The highest BCUT2D eigenvalue weighted by molar-refractivity contribution is 5.93. The summed E-state index contributed by atoms with van der Waals surface area (Å²) in [5.74, 6) is -2.01. The van der Waals surface area contributed by atoms with Crippen molar-refractivity contribution in [3.8, 4) is 0 Å². The van der Waals surface area contributed by atoms with E-state index in [4.69, 9.17) is 10.8 Å². The summed E-state index contributed by atoms with van der Waals surface area (Å²) in [6, 6.07) is 12.8. The molecule has 6 nitrogen and oxygen atoms in total. The summed E-state index contributed by atoms with van der Waals surface area (Å²) in [6.07, 6.45) is 4.78. The molecule has 2 aromatic rings. The molecule has 3 atom stereocenters.